The fourth-order valence-electron chi connectivity index (χ4n) is 4.30. The van der Waals surface area contributed by atoms with Crippen LogP contribution in [-0.2, 0) is 11.8 Å². The van der Waals surface area contributed by atoms with Crippen LogP contribution in [-0.4, -0.2) is 44.7 Å². The van der Waals surface area contributed by atoms with Crippen molar-refractivity contribution in [2.24, 2.45) is 7.05 Å². The fraction of sp³-hybridized carbons (Fsp3) is 0.455. The van der Waals surface area contributed by atoms with E-state index < -0.39 is 30.8 Å². The maximum atomic E-state index is 13.6. The number of Topliss-reactive ketones (excluding diaryl/α,β-unsaturated/α-hetero) is 1. The zero-order valence-corrected chi connectivity index (χ0v) is 16.6. The molecule has 2 aromatic rings. The zero-order valence-electron chi connectivity index (χ0n) is 16.6. The highest BCUT2D eigenvalue weighted by atomic mass is 19.3. The lowest BCUT2D eigenvalue weighted by atomic mass is 9.97. The van der Waals surface area contributed by atoms with Crippen molar-refractivity contribution in [1.82, 2.24) is 14.5 Å². The number of amides is 1. The molecule has 1 amide bonds. The molecule has 3 atom stereocenters. The number of ketones is 1. The van der Waals surface area contributed by atoms with Gasteiger partial charge in [0.15, 0.2) is 5.78 Å². The number of halogens is 2. The van der Waals surface area contributed by atoms with Gasteiger partial charge in [0, 0.05) is 56.7 Å². The summed E-state index contributed by atoms with van der Waals surface area (Å²) in [6, 6.07) is 4.34. The van der Waals surface area contributed by atoms with Gasteiger partial charge in [0.25, 0.3) is 5.92 Å². The van der Waals surface area contributed by atoms with E-state index >= 15 is 0 Å². The Morgan fingerprint density at radius 3 is 2.80 bits per heavy atom. The lowest BCUT2D eigenvalue weighted by Crippen LogP contribution is -2.36. The van der Waals surface area contributed by atoms with E-state index in [-0.39, 0.29) is 24.5 Å². The van der Waals surface area contributed by atoms with Crippen LogP contribution in [0, 0.1) is 11.3 Å². The van der Waals surface area contributed by atoms with Crippen molar-refractivity contribution < 1.29 is 18.4 Å². The smallest absolute Gasteiger partial charge is 0.268 e. The number of aromatic nitrogens is 2. The normalized spacial score (nSPS) is 24.5. The van der Waals surface area contributed by atoms with Crippen LogP contribution < -0.4 is 0 Å². The van der Waals surface area contributed by atoms with Gasteiger partial charge in [-0.2, -0.15) is 5.26 Å². The van der Waals surface area contributed by atoms with Crippen molar-refractivity contribution in [3.8, 4) is 6.07 Å². The van der Waals surface area contributed by atoms with Gasteiger partial charge in [-0.3, -0.25) is 14.6 Å². The van der Waals surface area contributed by atoms with E-state index in [4.69, 9.17) is 5.26 Å². The summed E-state index contributed by atoms with van der Waals surface area (Å²) >= 11 is 0. The molecule has 156 valence electrons. The third-order valence-corrected chi connectivity index (χ3v) is 5.93. The molecule has 0 N–H and O–H groups in total. The van der Waals surface area contributed by atoms with Gasteiger partial charge in [0.05, 0.1) is 12.6 Å². The highest BCUT2D eigenvalue weighted by molar-refractivity contribution is 5.99. The van der Waals surface area contributed by atoms with E-state index in [2.05, 4.69) is 17.2 Å². The molecule has 0 aromatic carbocycles. The molecule has 1 aliphatic carbocycles. The highest BCUT2D eigenvalue weighted by Gasteiger charge is 2.47. The molecule has 2 aromatic heterocycles. The fourth-order valence-corrected chi connectivity index (χ4v) is 4.30. The molecule has 1 saturated carbocycles. The molecular weight excluding hydrogens is 390 g/mol. The van der Waals surface area contributed by atoms with Gasteiger partial charge in [-0.15, -0.1) is 0 Å². The van der Waals surface area contributed by atoms with E-state index in [1.54, 1.807) is 24.5 Å². The Morgan fingerprint density at radius 2 is 2.10 bits per heavy atom. The zero-order chi connectivity index (χ0) is 21.5. The molecule has 30 heavy (non-hydrogen) atoms. The summed E-state index contributed by atoms with van der Waals surface area (Å²) in [5.41, 5.74) is 2.62. The minimum atomic E-state index is -3.06. The third kappa shape index (κ3) is 3.97. The molecule has 1 aliphatic heterocycles. The number of pyridine rings is 1. The summed E-state index contributed by atoms with van der Waals surface area (Å²) < 4.78 is 29.1. The summed E-state index contributed by atoms with van der Waals surface area (Å²) in [4.78, 5) is 30.3. The Morgan fingerprint density at radius 1 is 1.30 bits per heavy atom. The van der Waals surface area contributed by atoms with E-state index in [9.17, 15) is 18.4 Å². The summed E-state index contributed by atoms with van der Waals surface area (Å²) in [6.45, 7) is -0.764. The number of nitriles is 1. The number of nitrogens with zero attached hydrogens (tertiary/aromatic N) is 4. The van der Waals surface area contributed by atoms with Crippen LogP contribution in [0.1, 0.15) is 59.0 Å². The molecule has 0 spiro atoms. The quantitative estimate of drug-likeness (QED) is 0.681. The molecule has 0 radical (unpaired) electrons. The second kappa shape index (κ2) is 7.63. The number of rotatable bonds is 6. The molecule has 2 unspecified atom stereocenters. The molecule has 4 rings (SSSR count). The molecular formula is C22H22F2N4O2. The van der Waals surface area contributed by atoms with Crippen molar-refractivity contribution in [3.05, 3.63) is 53.6 Å². The van der Waals surface area contributed by atoms with Crippen LogP contribution in [0.2, 0.25) is 0 Å². The van der Waals surface area contributed by atoms with Crippen molar-refractivity contribution in [1.29, 1.82) is 5.26 Å². The van der Waals surface area contributed by atoms with Crippen LogP contribution in [0.4, 0.5) is 8.78 Å². The number of likely N-dealkylation sites (tertiary alicyclic amines) is 1. The number of carbonyl (C=O) groups is 2. The van der Waals surface area contributed by atoms with Gasteiger partial charge in [0.2, 0.25) is 5.91 Å². The van der Waals surface area contributed by atoms with Crippen molar-refractivity contribution >= 4 is 11.7 Å². The standard InChI is InChI=1S/C22H22F2N4O2/c1-27-7-5-14(12-27)17-8-18(17)19-11-26-6-4-16(19)20(29)2-3-21(30)28-13-22(23,24)9-15(28)10-25/h4-7,11-12,15,17-18H,2-3,8-9,13H2,1H3/t15-,17?,18?/m0/s1. The molecule has 2 aliphatic rings. The summed E-state index contributed by atoms with van der Waals surface area (Å²) in [6.07, 6.45) is 7.31. The molecule has 6 nitrogen and oxygen atoms in total. The molecule has 0 bridgehead atoms. The summed E-state index contributed by atoms with van der Waals surface area (Å²) in [5.74, 6) is -3.31. The van der Waals surface area contributed by atoms with E-state index in [0.29, 0.717) is 11.5 Å². The van der Waals surface area contributed by atoms with Crippen LogP contribution in [0.5, 0.6) is 0 Å². The SMILES string of the molecule is Cn1ccc(C2CC2c2cnccc2C(=O)CCC(=O)N2CC(F)(F)C[C@H]2C#N)c1. The second-order valence-corrected chi connectivity index (χ2v) is 8.17. The van der Waals surface area contributed by atoms with Crippen molar-refractivity contribution in [2.75, 3.05) is 6.54 Å². The number of hydrogen-bond donors (Lipinski definition) is 0. The largest absolute Gasteiger partial charge is 0.357 e. The first-order valence-electron chi connectivity index (χ1n) is 9.95. The molecule has 3 heterocycles. The first-order valence-corrected chi connectivity index (χ1v) is 9.95. The Kier molecular flexibility index (Phi) is 5.14. The van der Waals surface area contributed by atoms with Crippen LogP contribution in [0.3, 0.4) is 0 Å². The van der Waals surface area contributed by atoms with E-state index in [1.807, 2.05) is 17.8 Å². The van der Waals surface area contributed by atoms with Crippen LogP contribution in [0.25, 0.3) is 0 Å². The van der Waals surface area contributed by atoms with Gasteiger partial charge in [-0.05, 0) is 41.5 Å². The first-order chi connectivity index (χ1) is 14.3. The molecule has 2 fully saturated rings. The monoisotopic (exact) mass is 412 g/mol. The molecule has 1 saturated heterocycles. The third-order valence-electron chi connectivity index (χ3n) is 5.93. The van der Waals surface area contributed by atoms with Gasteiger partial charge in [-0.1, -0.05) is 0 Å². The Hall–Kier alpha value is -3.08. The predicted octanol–water partition coefficient (Wildman–Crippen LogP) is 3.41. The Labute approximate surface area is 173 Å². The Balaban J connectivity index is 1.41. The van der Waals surface area contributed by atoms with Gasteiger partial charge < -0.3 is 9.47 Å². The minimum absolute atomic E-state index is 0.0845. The second-order valence-electron chi connectivity index (χ2n) is 8.17. The first kappa shape index (κ1) is 20.2. The van der Waals surface area contributed by atoms with Crippen LogP contribution >= 0.6 is 0 Å². The maximum absolute atomic E-state index is 13.6. The lowest BCUT2D eigenvalue weighted by molar-refractivity contribution is -0.132. The lowest BCUT2D eigenvalue weighted by Gasteiger charge is -2.19. The minimum Gasteiger partial charge on any atom is -0.357 e. The van der Waals surface area contributed by atoms with Crippen molar-refractivity contribution in [3.63, 3.8) is 0 Å². The summed E-state index contributed by atoms with van der Waals surface area (Å²) in [7, 11) is 1.96. The number of aryl methyl sites for hydroxylation is 1. The highest BCUT2D eigenvalue weighted by Crippen LogP contribution is 2.55. The number of alkyl halides is 2. The Bertz CT molecular complexity index is 1030. The topological polar surface area (TPSA) is 79.0 Å². The average Bonchev–Trinajstić information content (AvgIpc) is 3.29. The van der Waals surface area contributed by atoms with Crippen LogP contribution in [0.15, 0.2) is 36.9 Å². The average molecular weight is 412 g/mol. The molecule has 8 heteroatoms. The number of hydrogen-bond acceptors (Lipinski definition) is 4. The predicted molar refractivity (Wildman–Crippen MR) is 104 cm³/mol. The number of carbonyl (C=O) groups excluding carboxylic acids is 2. The van der Waals surface area contributed by atoms with E-state index in [0.717, 1.165) is 16.9 Å². The van der Waals surface area contributed by atoms with Gasteiger partial charge in [0.1, 0.15) is 6.04 Å². The van der Waals surface area contributed by atoms with Gasteiger partial charge in [-0.25, -0.2) is 8.78 Å². The summed E-state index contributed by atoms with van der Waals surface area (Å²) in [5, 5.41) is 9.05. The van der Waals surface area contributed by atoms with E-state index in [1.165, 1.54) is 5.56 Å². The maximum Gasteiger partial charge on any atom is 0.268 e. The van der Waals surface area contributed by atoms with Crippen molar-refractivity contribution in [2.45, 2.75) is 49.5 Å². The van der Waals surface area contributed by atoms with Gasteiger partial charge >= 0.3 is 0 Å².